The number of nitrogens with zero attached hydrogens (tertiary/aromatic N) is 1. The van der Waals surface area contributed by atoms with E-state index in [0.29, 0.717) is 21.4 Å². The van der Waals surface area contributed by atoms with E-state index in [2.05, 4.69) is 4.98 Å². The van der Waals surface area contributed by atoms with Crippen molar-refractivity contribution in [3.8, 4) is 11.3 Å². The summed E-state index contributed by atoms with van der Waals surface area (Å²) in [6.45, 7) is 0. The molecule has 14 heavy (non-hydrogen) atoms. The Morgan fingerprint density at radius 1 is 1.43 bits per heavy atom. The fourth-order valence-corrected chi connectivity index (χ4v) is 1.88. The zero-order valence-electron chi connectivity index (χ0n) is 7.00. The Morgan fingerprint density at radius 2 is 2.21 bits per heavy atom. The first-order valence-electron chi connectivity index (χ1n) is 3.83. The van der Waals surface area contributed by atoms with Crippen LogP contribution < -0.4 is 5.73 Å². The van der Waals surface area contributed by atoms with Gasteiger partial charge in [-0.1, -0.05) is 11.6 Å². The number of aromatic nitrogens is 1. The molecule has 2 rings (SSSR count). The van der Waals surface area contributed by atoms with Crippen molar-refractivity contribution in [3.05, 3.63) is 34.4 Å². The van der Waals surface area contributed by atoms with E-state index in [1.165, 1.54) is 29.5 Å². The lowest BCUT2D eigenvalue weighted by Gasteiger charge is -1.99. The van der Waals surface area contributed by atoms with Crippen molar-refractivity contribution in [3.63, 3.8) is 0 Å². The number of nitrogen functional groups attached to an aromatic ring is 1. The van der Waals surface area contributed by atoms with Crippen molar-refractivity contribution < 1.29 is 4.39 Å². The summed E-state index contributed by atoms with van der Waals surface area (Å²) in [5, 5.41) is 2.66. The summed E-state index contributed by atoms with van der Waals surface area (Å²) < 4.78 is 12.9. The van der Waals surface area contributed by atoms with Crippen molar-refractivity contribution >= 4 is 28.1 Å². The third-order valence-corrected chi connectivity index (χ3v) is 2.73. The molecule has 0 unspecified atom stereocenters. The van der Waals surface area contributed by atoms with E-state index in [9.17, 15) is 4.39 Å². The number of halogens is 2. The predicted octanol–water partition coefficient (Wildman–Crippen LogP) is 3.18. The van der Waals surface area contributed by atoms with Gasteiger partial charge in [0.25, 0.3) is 0 Å². The van der Waals surface area contributed by atoms with Gasteiger partial charge in [-0.05, 0) is 18.2 Å². The first kappa shape index (κ1) is 9.43. The number of nitrogens with two attached hydrogens (primary N) is 1. The van der Waals surface area contributed by atoms with E-state index in [1.54, 1.807) is 5.38 Å². The molecule has 5 heteroatoms. The van der Waals surface area contributed by atoms with Crippen LogP contribution in [-0.2, 0) is 0 Å². The maximum atomic E-state index is 12.9. The number of hydrogen-bond acceptors (Lipinski definition) is 3. The minimum Gasteiger partial charge on any atom is -0.375 e. The molecule has 0 saturated carbocycles. The normalized spacial score (nSPS) is 10.4. The molecule has 0 aliphatic rings. The van der Waals surface area contributed by atoms with Gasteiger partial charge in [0.05, 0.1) is 10.7 Å². The van der Waals surface area contributed by atoms with Gasteiger partial charge in [-0.3, -0.25) is 0 Å². The quantitative estimate of drug-likeness (QED) is 0.814. The first-order chi connectivity index (χ1) is 6.66. The number of hydrogen-bond donors (Lipinski definition) is 1. The van der Waals surface area contributed by atoms with Gasteiger partial charge in [0.1, 0.15) is 5.82 Å². The molecule has 0 amide bonds. The maximum Gasteiger partial charge on any atom is 0.180 e. The Bertz CT molecular complexity index is 470. The van der Waals surface area contributed by atoms with Crippen molar-refractivity contribution in [2.75, 3.05) is 5.73 Å². The highest BCUT2D eigenvalue weighted by molar-refractivity contribution is 7.13. The average molecular weight is 229 g/mol. The van der Waals surface area contributed by atoms with E-state index >= 15 is 0 Å². The Hall–Kier alpha value is -1.13. The second kappa shape index (κ2) is 3.55. The van der Waals surface area contributed by atoms with E-state index < -0.39 is 0 Å². The molecule has 72 valence electrons. The van der Waals surface area contributed by atoms with Gasteiger partial charge in [-0.15, -0.1) is 11.3 Å². The molecule has 2 nitrogen and oxygen atoms in total. The average Bonchev–Trinajstić information content (AvgIpc) is 2.56. The lowest BCUT2D eigenvalue weighted by molar-refractivity contribution is 0.628. The second-order valence-corrected chi connectivity index (χ2v) is 3.99. The summed E-state index contributed by atoms with van der Waals surface area (Å²) in [6.07, 6.45) is 0. The Morgan fingerprint density at radius 3 is 2.86 bits per heavy atom. The topological polar surface area (TPSA) is 38.9 Å². The molecule has 0 bridgehead atoms. The lowest BCUT2D eigenvalue weighted by atomic mass is 10.2. The van der Waals surface area contributed by atoms with Crippen LogP contribution in [0.15, 0.2) is 23.6 Å². The number of benzene rings is 1. The van der Waals surface area contributed by atoms with Crippen molar-refractivity contribution in [1.82, 2.24) is 4.98 Å². The highest BCUT2D eigenvalue weighted by Crippen LogP contribution is 2.29. The summed E-state index contributed by atoms with van der Waals surface area (Å²) in [7, 11) is 0. The highest BCUT2D eigenvalue weighted by Gasteiger charge is 2.07. The SMILES string of the molecule is Nc1nc(-c2cc(F)ccc2Cl)cs1. The molecular weight excluding hydrogens is 223 g/mol. The van der Waals surface area contributed by atoms with Gasteiger partial charge in [-0.25, -0.2) is 9.37 Å². The maximum absolute atomic E-state index is 12.9. The molecule has 2 N–H and O–H groups in total. The van der Waals surface area contributed by atoms with Crippen LogP contribution in [0.25, 0.3) is 11.3 Å². The Balaban J connectivity index is 2.55. The van der Waals surface area contributed by atoms with Crippen LogP contribution in [0.4, 0.5) is 9.52 Å². The Labute approximate surface area is 89.2 Å². The van der Waals surface area contributed by atoms with Crippen LogP contribution in [0.2, 0.25) is 5.02 Å². The van der Waals surface area contributed by atoms with Gasteiger partial charge in [0.2, 0.25) is 0 Å². The number of rotatable bonds is 1. The third kappa shape index (κ3) is 1.71. The van der Waals surface area contributed by atoms with E-state index in [4.69, 9.17) is 17.3 Å². The van der Waals surface area contributed by atoms with Gasteiger partial charge >= 0.3 is 0 Å². The standard InChI is InChI=1S/C9H6ClFN2S/c10-7-2-1-5(11)3-6(7)8-4-14-9(12)13-8/h1-4H,(H2,12,13). The lowest BCUT2D eigenvalue weighted by Crippen LogP contribution is -1.85. The van der Waals surface area contributed by atoms with E-state index in [0.717, 1.165) is 0 Å². The van der Waals surface area contributed by atoms with Crippen molar-refractivity contribution in [1.29, 1.82) is 0 Å². The predicted molar refractivity (Wildman–Crippen MR) is 56.9 cm³/mol. The fraction of sp³-hybridized carbons (Fsp3) is 0. The molecule has 0 fully saturated rings. The van der Waals surface area contributed by atoms with Crippen LogP contribution in [0.5, 0.6) is 0 Å². The summed E-state index contributed by atoms with van der Waals surface area (Å²) in [6, 6.07) is 4.15. The molecule has 0 spiro atoms. The molecule has 0 aliphatic heterocycles. The van der Waals surface area contributed by atoms with Gasteiger partial charge in [-0.2, -0.15) is 0 Å². The van der Waals surface area contributed by atoms with Crippen LogP contribution in [-0.4, -0.2) is 4.98 Å². The van der Waals surface area contributed by atoms with Gasteiger partial charge in [0.15, 0.2) is 5.13 Å². The number of anilines is 1. The molecule has 0 radical (unpaired) electrons. The third-order valence-electron chi connectivity index (χ3n) is 1.73. The second-order valence-electron chi connectivity index (χ2n) is 2.70. The molecule has 1 aromatic carbocycles. The summed E-state index contributed by atoms with van der Waals surface area (Å²) >= 11 is 7.20. The first-order valence-corrected chi connectivity index (χ1v) is 5.09. The molecule has 0 atom stereocenters. The highest BCUT2D eigenvalue weighted by atomic mass is 35.5. The zero-order valence-corrected chi connectivity index (χ0v) is 8.57. The van der Waals surface area contributed by atoms with Crippen molar-refractivity contribution in [2.24, 2.45) is 0 Å². The fourth-order valence-electron chi connectivity index (χ4n) is 1.11. The van der Waals surface area contributed by atoms with Crippen LogP contribution in [0.3, 0.4) is 0 Å². The smallest absolute Gasteiger partial charge is 0.180 e. The van der Waals surface area contributed by atoms with Crippen LogP contribution in [0.1, 0.15) is 0 Å². The molecular formula is C9H6ClFN2S. The molecule has 1 heterocycles. The summed E-state index contributed by atoms with van der Waals surface area (Å²) in [5.41, 5.74) is 6.65. The molecule has 2 aromatic rings. The minimum absolute atomic E-state index is 0.337. The molecule has 0 aliphatic carbocycles. The summed E-state index contributed by atoms with van der Waals surface area (Å²) in [5.74, 6) is -0.337. The van der Waals surface area contributed by atoms with Crippen LogP contribution in [0, 0.1) is 5.82 Å². The van der Waals surface area contributed by atoms with E-state index in [1.807, 2.05) is 0 Å². The molecule has 1 aromatic heterocycles. The van der Waals surface area contributed by atoms with Gasteiger partial charge < -0.3 is 5.73 Å². The van der Waals surface area contributed by atoms with Crippen LogP contribution >= 0.6 is 22.9 Å². The largest absolute Gasteiger partial charge is 0.375 e. The summed E-state index contributed by atoms with van der Waals surface area (Å²) in [4.78, 5) is 4.03. The minimum atomic E-state index is -0.337. The zero-order chi connectivity index (χ0) is 10.1. The molecule has 0 saturated heterocycles. The Kier molecular flexibility index (Phi) is 2.39. The van der Waals surface area contributed by atoms with Crippen molar-refractivity contribution in [2.45, 2.75) is 0 Å². The van der Waals surface area contributed by atoms with Gasteiger partial charge in [0, 0.05) is 10.9 Å². The van der Waals surface area contributed by atoms with E-state index in [-0.39, 0.29) is 5.82 Å². The monoisotopic (exact) mass is 228 g/mol. The number of thiazole rings is 1.